The van der Waals surface area contributed by atoms with Crippen LogP contribution in [0.15, 0.2) is 36.4 Å². The summed E-state index contributed by atoms with van der Waals surface area (Å²) in [5, 5.41) is 2.60. The van der Waals surface area contributed by atoms with E-state index >= 15 is 0 Å². The largest absolute Gasteiger partial charge is 0.493 e. The van der Waals surface area contributed by atoms with Gasteiger partial charge in [0.05, 0.1) is 13.7 Å². The van der Waals surface area contributed by atoms with Gasteiger partial charge in [0, 0.05) is 6.54 Å². The first-order chi connectivity index (χ1) is 13.0. The lowest BCUT2D eigenvalue weighted by Gasteiger charge is -2.27. The van der Waals surface area contributed by atoms with Gasteiger partial charge in [0.1, 0.15) is 5.57 Å². The standard InChI is InChI=1S/C20H24N2O4S/c1-4-6-7-11-26-16-9-8-14(13-17(16)25-3)12-15-18(23)21-20(27)22(10-5-2)19(15)24/h5,8-9,12-13H,2,4,6-7,10-11H2,1,3H3,(H,21,23,27). The van der Waals surface area contributed by atoms with Gasteiger partial charge in [-0.3, -0.25) is 19.8 Å². The van der Waals surface area contributed by atoms with Crippen molar-refractivity contribution in [1.82, 2.24) is 10.2 Å². The first-order valence-electron chi connectivity index (χ1n) is 8.82. The second-order valence-electron chi connectivity index (χ2n) is 5.99. The van der Waals surface area contributed by atoms with Crippen molar-refractivity contribution in [2.45, 2.75) is 26.2 Å². The fourth-order valence-electron chi connectivity index (χ4n) is 2.58. The van der Waals surface area contributed by atoms with Crippen molar-refractivity contribution in [3.63, 3.8) is 0 Å². The summed E-state index contributed by atoms with van der Waals surface area (Å²) in [6.07, 6.45) is 6.26. The Balaban J connectivity index is 2.23. The van der Waals surface area contributed by atoms with Gasteiger partial charge in [-0.05, 0) is 42.4 Å². The van der Waals surface area contributed by atoms with E-state index in [0.29, 0.717) is 23.7 Å². The van der Waals surface area contributed by atoms with Crippen molar-refractivity contribution in [1.29, 1.82) is 0 Å². The van der Waals surface area contributed by atoms with E-state index in [2.05, 4.69) is 18.8 Å². The van der Waals surface area contributed by atoms with Crippen LogP contribution < -0.4 is 14.8 Å². The average molecular weight is 388 g/mol. The van der Waals surface area contributed by atoms with E-state index in [1.807, 2.05) is 0 Å². The SMILES string of the molecule is C=CCN1C(=O)C(=Cc2ccc(OCCCCC)c(OC)c2)C(=O)NC1=S. The highest BCUT2D eigenvalue weighted by Gasteiger charge is 2.32. The molecule has 0 aliphatic carbocycles. The number of amides is 2. The summed E-state index contributed by atoms with van der Waals surface area (Å²) in [5.74, 6) is 0.194. The highest BCUT2D eigenvalue weighted by atomic mass is 32.1. The molecule has 0 aromatic heterocycles. The maximum atomic E-state index is 12.6. The maximum absolute atomic E-state index is 12.6. The molecule has 1 saturated heterocycles. The van der Waals surface area contributed by atoms with Crippen LogP contribution in [0.1, 0.15) is 31.7 Å². The Morgan fingerprint density at radius 1 is 1.26 bits per heavy atom. The third kappa shape index (κ3) is 5.17. The van der Waals surface area contributed by atoms with Crippen molar-refractivity contribution >= 4 is 35.2 Å². The van der Waals surface area contributed by atoms with Crippen LogP contribution in [-0.4, -0.2) is 42.1 Å². The molecule has 144 valence electrons. The molecule has 27 heavy (non-hydrogen) atoms. The Morgan fingerprint density at radius 2 is 2.04 bits per heavy atom. The van der Waals surface area contributed by atoms with Gasteiger partial charge in [0.15, 0.2) is 16.6 Å². The molecule has 0 unspecified atom stereocenters. The van der Waals surface area contributed by atoms with Gasteiger partial charge in [-0.1, -0.05) is 31.9 Å². The van der Waals surface area contributed by atoms with Crippen LogP contribution >= 0.6 is 12.2 Å². The van der Waals surface area contributed by atoms with Gasteiger partial charge in [-0.15, -0.1) is 6.58 Å². The second-order valence-corrected chi connectivity index (χ2v) is 6.37. The molecule has 2 rings (SSSR count). The van der Waals surface area contributed by atoms with Crippen molar-refractivity contribution in [2.75, 3.05) is 20.3 Å². The van der Waals surface area contributed by atoms with Gasteiger partial charge in [0.25, 0.3) is 11.8 Å². The van der Waals surface area contributed by atoms with Gasteiger partial charge in [-0.2, -0.15) is 0 Å². The second kappa shape index (κ2) is 9.87. The van der Waals surface area contributed by atoms with Crippen molar-refractivity contribution in [3.05, 3.63) is 42.0 Å². The molecule has 6 nitrogen and oxygen atoms in total. The number of rotatable bonds is 9. The minimum absolute atomic E-state index is 0.00381. The first-order valence-corrected chi connectivity index (χ1v) is 9.23. The quantitative estimate of drug-likeness (QED) is 0.232. The normalized spacial score (nSPS) is 15.7. The van der Waals surface area contributed by atoms with Gasteiger partial charge in [-0.25, -0.2) is 0 Å². The van der Waals surface area contributed by atoms with Gasteiger partial charge >= 0.3 is 0 Å². The number of hydrogen-bond acceptors (Lipinski definition) is 5. The Labute approximate surface area is 164 Å². The van der Waals surface area contributed by atoms with Crippen LogP contribution in [0.2, 0.25) is 0 Å². The van der Waals surface area contributed by atoms with E-state index < -0.39 is 11.8 Å². The summed E-state index contributed by atoms with van der Waals surface area (Å²) in [5.41, 5.74) is 0.654. The summed E-state index contributed by atoms with van der Waals surface area (Å²) in [4.78, 5) is 26.1. The van der Waals surface area contributed by atoms with Crippen LogP contribution in [0.4, 0.5) is 0 Å². The number of nitrogens with one attached hydrogen (secondary N) is 1. The zero-order chi connectivity index (χ0) is 19.8. The number of benzene rings is 1. The topological polar surface area (TPSA) is 67.9 Å². The summed E-state index contributed by atoms with van der Waals surface area (Å²) in [6.45, 7) is 6.57. The number of thiocarbonyl (C=S) groups is 1. The fourth-order valence-corrected chi connectivity index (χ4v) is 2.83. The summed E-state index contributed by atoms with van der Waals surface area (Å²) in [6, 6.07) is 5.28. The number of ether oxygens (including phenoxy) is 2. The Morgan fingerprint density at radius 3 is 2.70 bits per heavy atom. The molecule has 0 saturated carbocycles. The van der Waals surface area contributed by atoms with E-state index in [-0.39, 0.29) is 17.2 Å². The molecule has 1 N–H and O–H groups in total. The molecule has 0 bridgehead atoms. The van der Waals surface area contributed by atoms with Crippen LogP contribution in [0.5, 0.6) is 11.5 Å². The highest BCUT2D eigenvalue weighted by molar-refractivity contribution is 7.80. The maximum Gasteiger partial charge on any atom is 0.265 e. The monoisotopic (exact) mass is 388 g/mol. The van der Waals surface area contributed by atoms with Crippen molar-refractivity contribution in [2.24, 2.45) is 0 Å². The molecule has 0 radical (unpaired) electrons. The summed E-state index contributed by atoms with van der Waals surface area (Å²) < 4.78 is 11.1. The Kier molecular flexibility index (Phi) is 7.55. The molecular formula is C20H24N2O4S. The molecule has 1 aliphatic heterocycles. The van der Waals surface area contributed by atoms with Crippen LogP contribution in [0.3, 0.4) is 0 Å². The van der Waals surface area contributed by atoms with E-state index in [0.717, 1.165) is 19.3 Å². The zero-order valence-electron chi connectivity index (χ0n) is 15.6. The molecule has 0 atom stereocenters. The molecule has 7 heteroatoms. The molecule has 1 fully saturated rings. The van der Waals surface area contributed by atoms with E-state index in [1.165, 1.54) is 11.0 Å². The molecule has 1 aromatic rings. The van der Waals surface area contributed by atoms with Crippen molar-refractivity contribution in [3.8, 4) is 11.5 Å². The number of carbonyl (C=O) groups excluding carboxylic acids is 2. The number of methoxy groups -OCH3 is 1. The Bertz CT molecular complexity index is 773. The number of nitrogens with zero attached hydrogens (tertiary/aromatic N) is 1. The number of hydrogen-bond donors (Lipinski definition) is 1. The lowest BCUT2D eigenvalue weighted by atomic mass is 10.1. The predicted octanol–water partition coefficient (Wildman–Crippen LogP) is 3.08. The molecule has 1 aromatic carbocycles. The van der Waals surface area contributed by atoms with E-state index in [4.69, 9.17) is 21.7 Å². The minimum atomic E-state index is -0.524. The average Bonchev–Trinajstić information content (AvgIpc) is 2.66. The molecular weight excluding hydrogens is 364 g/mol. The fraction of sp³-hybridized carbons (Fsp3) is 0.350. The third-order valence-corrected chi connectivity index (χ3v) is 4.32. The van der Waals surface area contributed by atoms with Gasteiger partial charge in [0.2, 0.25) is 0 Å². The zero-order valence-corrected chi connectivity index (χ0v) is 16.4. The lowest BCUT2D eigenvalue weighted by Crippen LogP contribution is -2.53. The smallest absolute Gasteiger partial charge is 0.265 e. The lowest BCUT2D eigenvalue weighted by molar-refractivity contribution is -0.128. The van der Waals surface area contributed by atoms with Gasteiger partial charge < -0.3 is 9.47 Å². The first kappa shape index (κ1) is 20.6. The van der Waals surface area contributed by atoms with E-state index in [9.17, 15) is 9.59 Å². The number of carbonyl (C=O) groups is 2. The minimum Gasteiger partial charge on any atom is -0.493 e. The van der Waals surface area contributed by atoms with Crippen molar-refractivity contribution < 1.29 is 19.1 Å². The predicted molar refractivity (Wildman–Crippen MR) is 109 cm³/mol. The molecule has 0 spiro atoms. The molecule has 2 amide bonds. The Hall–Kier alpha value is -2.67. The van der Waals surface area contributed by atoms with E-state index in [1.54, 1.807) is 31.4 Å². The van der Waals surface area contributed by atoms with Crippen LogP contribution in [-0.2, 0) is 9.59 Å². The highest BCUT2D eigenvalue weighted by Crippen LogP contribution is 2.29. The number of unbranched alkanes of at least 4 members (excludes halogenated alkanes) is 2. The molecule has 1 aliphatic rings. The summed E-state index contributed by atoms with van der Waals surface area (Å²) >= 11 is 5.04. The van der Waals surface area contributed by atoms with Crippen LogP contribution in [0, 0.1) is 0 Å². The van der Waals surface area contributed by atoms with Crippen LogP contribution in [0.25, 0.3) is 6.08 Å². The molecule has 1 heterocycles. The summed E-state index contributed by atoms with van der Waals surface area (Å²) in [7, 11) is 1.55. The third-order valence-electron chi connectivity index (χ3n) is 4.00.